The highest BCUT2D eigenvalue weighted by Gasteiger charge is 2.27. The Morgan fingerprint density at radius 3 is 2.72 bits per heavy atom. The minimum Gasteiger partial charge on any atom is -0.368 e. The van der Waals surface area contributed by atoms with E-state index in [-0.39, 0.29) is 36.6 Å². The van der Waals surface area contributed by atoms with Crippen molar-refractivity contribution < 1.29 is 13.2 Å². The van der Waals surface area contributed by atoms with Gasteiger partial charge in [0.25, 0.3) is 0 Å². The van der Waals surface area contributed by atoms with Gasteiger partial charge in [0.2, 0.25) is 0 Å². The molecule has 1 atom stereocenters. The second-order valence-electron chi connectivity index (χ2n) is 5.75. The summed E-state index contributed by atoms with van der Waals surface area (Å²) in [5.74, 6) is 0.394. The molecule has 1 unspecified atom stereocenters. The quantitative estimate of drug-likeness (QED) is 0.380. The predicted octanol–water partition coefficient (Wildman–Crippen LogP) is 4.04. The molecule has 0 saturated carbocycles. The molecule has 2 N–H and O–H groups in total. The highest BCUT2D eigenvalue weighted by atomic mass is 127. The number of nitrogens with zero attached hydrogens (tertiary/aromatic N) is 2. The Bertz CT molecular complexity index is 569. The van der Waals surface area contributed by atoms with Gasteiger partial charge in [-0.05, 0) is 25.0 Å². The van der Waals surface area contributed by atoms with Crippen LogP contribution in [-0.4, -0.2) is 44.9 Å². The van der Waals surface area contributed by atoms with Gasteiger partial charge in [0.15, 0.2) is 5.96 Å². The van der Waals surface area contributed by atoms with Crippen LogP contribution in [0, 0.1) is 0 Å². The molecule has 1 aromatic carbocycles. The summed E-state index contributed by atoms with van der Waals surface area (Å²) in [4.78, 5) is 6.19. The molecule has 9 heteroatoms. The molecule has 4 nitrogen and oxygen atoms in total. The Labute approximate surface area is 168 Å². The van der Waals surface area contributed by atoms with Gasteiger partial charge in [0, 0.05) is 32.7 Å². The molecule has 0 bridgehead atoms. The second kappa shape index (κ2) is 10.3. The van der Waals surface area contributed by atoms with Gasteiger partial charge in [0.1, 0.15) is 0 Å². The maximum atomic E-state index is 12.2. The molecular formula is C16H23ClF3IN4. The number of hydrogen-bond donors (Lipinski definition) is 2. The molecule has 1 saturated heterocycles. The highest BCUT2D eigenvalue weighted by molar-refractivity contribution is 14.0. The van der Waals surface area contributed by atoms with E-state index in [9.17, 15) is 13.2 Å². The lowest BCUT2D eigenvalue weighted by atomic mass is 10.0. The molecule has 1 fully saturated rings. The number of nitrogens with one attached hydrogen (secondary N) is 2. The fourth-order valence-corrected chi connectivity index (χ4v) is 2.99. The highest BCUT2D eigenvalue weighted by Crippen LogP contribution is 2.27. The molecule has 0 spiro atoms. The Balaban J connectivity index is 0.00000312. The number of halogens is 5. The van der Waals surface area contributed by atoms with Crippen LogP contribution in [0.5, 0.6) is 0 Å². The van der Waals surface area contributed by atoms with Crippen LogP contribution in [-0.2, 0) is 0 Å². The van der Waals surface area contributed by atoms with Gasteiger partial charge in [-0.1, -0.05) is 23.7 Å². The van der Waals surface area contributed by atoms with E-state index < -0.39 is 12.6 Å². The van der Waals surface area contributed by atoms with Crippen molar-refractivity contribution in [2.45, 2.75) is 31.5 Å². The number of alkyl halides is 3. The second-order valence-corrected chi connectivity index (χ2v) is 6.15. The van der Waals surface area contributed by atoms with E-state index >= 15 is 0 Å². The molecule has 142 valence electrons. The molecule has 25 heavy (non-hydrogen) atoms. The first-order valence-corrected chi connectivity index (χ1v) is 8.30. The number of aliphatic imine (C=N–C) groups is 1. The first kappa shape index (κ1) is 22.1. The number of benzene rings is 1. The summed E-state index contributed by atoms with van der Waals surface area (Å²) >= 11 is 6.24. The van der Waals surface area contributed by atoms with Crippen molar-refractivity contribution >= 4 is 47.2 Å². The molecule has 0 amide bonds. The van der Waals surface area contributed by atoms with Crippen LogP contribution in [0.15, 0.2) is 29.3 Å². The Kier molecular flexibility index (Phi) is 9.12. The Morgan fingerprint density at radius 2 is 2.08 bits per heavy atom. The van der Waals surface area contributed by atoms with Gasteiger partial charge in [-0.15, -0.1) is 24.0 Å². The molecule has 0 aliphatic carbocycles. The normalized spacial score (nSPS) is 18.5. The molecule has 0 aromatic heterocycles. The Morgan fingerprint density at radius 1 is 1.36 bits per heavy atom. The van der Waals surface area contributed by atoms with Gasteiger partial charge in [-0.2, -0.15) is 13.2 Å². The lowest BCUT2D eigenvalue weighted by Gasteiger charge is -2.35. The minimum atomic E-state index is -4.17. The molecule has 1 aliphatic rings. The molecule has 1 aliphatic heterocycles. The molecular weight excluding hydrogens is 468 g/mol. The predicted molar refractivity (Wildman–Crippen MR) is 107 cm³/mol. The number of guanidine groups is 1. The number of para-hydroxylation sites is 1. The largest absolute Gasteiger partial charge is 0.390 e. The van der Waals surface area contributed by atoms with E-state index in [1.54, 1.807) is 7.05 Å². The maximum Gasteiger partial charge on any atom is 0.390 e. The Hall–Kier alpha value is -0.900. The number of anilines is 1. The first-order chi connectivity index (χ1) is 11.4. The van der Waals surface area contributed by atoms with E-state index in [0.717, 1.165) is 31.6 Å². The van der Waals surface area contributed by atoms with Crippen molar-refractivity contribution in [2.24, 2.45) is 4.99 Å². The number of rotatable bonds is 4. The average molecular weight is 491 g/mol. The number of hydrogen-bond acceptors (Lipinski definition) is 2. The monoisotopic (exact) mass is 490 g/mol. The van der Waals surface area contributed by atoms with E-state index in [2.05, 4.69) is 20.5 Å². The summed E-state index contributed by atoms with van der Waals surface area (Å²) in [6.07, 6.45) is -3.15. The van der Waals surface area contributed by atoms with Crippen LogP contribution in [0.2, 0.25) is 5.02 Å². The van der Waals surface area contributed by atoms with Gasteiger partial charge < -0.3 is 15.5 Å². The van der Waals surface area contributed by atoms with Gasteiger partial charge in [0.05, 0.1) is 17.1 Å². The zero-order chi connectivity index (χ0) is 17.6. The summed E-state index contributed by atoms with van der Waals surface area (Å²) in [6, 6.07) is 7.76. The van der Waals surface area contributed by atoms with Gasteiger partial charge in [-0.3, -0.25) is 4.99 Å². The van der Waals surface area contributed by atoms with Gasteiger partial charge in [-0.25, -0.2) is 0 Å². The van der Waals surface area contributed by atoms with Crippen molar-refractivity contribution in [1.82, 2.24) is 10.6 Å². The smallest absolute Gasteiger partial charge is 0.368 e. The fraction of sp³-hybridized carbons (Fsp3) is 0.562. The third-order valence-electron chi connectivity index (χ3n) is 3.88. The third-order valence-corrected chi connectivity index (χ3v) is 4.20. The SMILES string of the molecule is CN=C(NCCC(F)(F)F)NC1CCCN(c2ccccc2Cl)C1.I. The van der Waals surface area contributed by atoms with Crippen molar-refractivity contribution in [1.29, 1.82) is 0 Å². The van der Waals surface area contributed by atoms with Crippen LogP contribution in [0.4, 0.5) is 18.9 Å². The van der Waals surface area contributed by atoms with E-state index in [1.807, 2.05) is 24.3 Å². The minimum absolute atomic E-state index is 0. The fourth-order valence-electron chi connectivity index (χ4n) is 2.73. The topological polar surface area (TPSA) is 39.7 Å². The molecule has 1 aromatic rings. The van der Waals surface area contributed by atoms with Crippen LogP contribution >= 0.6 is 35.6 Å². The van der Waals surface area contributed by atoms with E-state index in [4.69, 9.17) is 11.6 Å². The van der Waals surface area contributed by atoms with Crippen molar-refractivity contribution in [3.63, 3.8) is 0 Å². The van der Waals surface area contributed by atoms with Crippen LogP contribution in [0.25, 0.3) is 0 Å². The van der Waals surface area contributed by atoms with Crippen LogP contribution in [0.3, 0.4) is 0 Å². The summed E-state index contributed by atoms with van der Waals surface area (Å²) in [5.41, 5.74) is 0.977. The average Bonchev–Trinajstić information content (AvgIpc) is 2.53. The van der Waals surface area contributed by atoms with Crippen molar-refractivity contribution in [3.8, 4) is 0 Å². The van der Waals surface area contributed by atoms with Gasteiger partial charge >= 0.3 is 6.18 Å². The zero-order valence-electron chi connectivity index (χ0n) is 13.9. The molecule has 2 rings (SSSR count). The van der Waals surface area contributed by atoms with Crippen molar-refractivity contribution in [2.75, 3.05) is 31.6 Å². The van der Waals surface area contributed by atoms with E-state index in [1.165, 1.54) is 0 Å². The lowest BCUT2D eigenvalue weighted by molar-refractivity contribution is -0.132. The third kappa shape index (κ3) is 7.47. The zero-order valence-corrected chi connectivity index (χ0v) is 17.0. The van der Waals surface area contributed by atoms with E-state index in [0.29, 0.717) is 11.0 Å². The standard InChI is InChI=1S/C16H22ClF3N4.HI/c1-21-15(22-9-8-16(18,19)20)23-12-5-4-10-24(11-12)14-7-3-2-6-13(14)17;/h2-3,6-7,12H,4-5,8-11H2,1H3,(H2,21,22,23);1H. The first-order valence-electron chi connectivity index (χ1n) is 7.92. The lowest BCUT2D eigenvalue weighted by Crippen LogP contribution is -2.51. The van der Waals surface area contributed by atoms with Crippen LogP contribution < -0.4 is 15.5 Å². The summed E-state index contributed by atoms with van der Waals surface area (Å²) < 4.78 is 36.7. The van der Waals surface area contributed by atoms with Crippen LogP contribution in [0.1, 0.15) is 19.3 Å². The summed E-state index contributed by atoms with van der Waals surface area (Å²) in [7, 11) is 1.55. The maximum absolute atomic E-state index is 12.2. The summed E-state index contributed by atoms with van der Waals surface area (Å²) in [6.45, 7) is 1.44. The number of piperidine rings is 1. The molecule has 1 heterocycles. The van der Waals surface area contributed by atoms with Crippen molar-refractivity contribution in [3.05, 3.63) is 29.3 Å². The summed E-state index contributed by atoms with van der Waals surface area (Å²) in [5, 5.41) is 6.61. The molecule has 0 radical (unpaired) electrons.